The Labute approximate surface area is 184 Å². The number of pyridine rings is 1. The standard InChI is InChI=1S/C16H17N5OS2.3ClH/c22-15-13(8-12-2-1-3-17-9-12)10-20-16(21-15)19-4-6-23-11-14-18-5-7-24-14;;;/h1-3,5,7,9-10H,4,6,8,11H2,(H2,19,20,21,22);3*1H. The van der Waals surface area contributed by atoms with Gasteiger partial charge in [0.2, 0.25) is 5.95 Å². The zero-order valence-electron chi connectivity index (χ0n) is 14.2. The third kappa shape index (κ3) is 8.49. The van der Waals surface area contributed by atoms with Crippen LogP contribution in [0.15, 0.2) is 47.1 Å². The van der Waals surface area contributed by atoms with Crippen LogP contribution in [0.3, 0.4) is 0 Å². The Balaban J connectivity index is 0.00000225. The van der Waals surface area contributed by atoms with E-state index in [-0.39, 0.29) is 42.8 Å². The van der Waals surface area contributed by atoms with Gasteiger partial charge in [0.25, 0.3) is 5.56 Å². The molecular weight excluding hydrogens is 449 g/mol. The lowest BCUT2D eigenvalue weighted by Gasteiger charge is -2.06. The Morgan fingerprint density at radius 1 is 1.15 bits per heavy atom. The molecular formula is C16H20Cl3N5OS2. The lowest BCUT2D eigenvalue weighted by atomic mass is 10.1. The fourth-order valence-corrected chi connectivity index (χ4v) is 3.65. The first-order valence-corrected chi connectivity index (χ1v) is 9.52. The van der Waals surface area contributed by atoms with E-state index in [2.05, 4.69) is 25.3 Å². The van der Waals surface area contributed by atoms with E-state index in [9.17, 15) is 4.79 Å². The van der Waals surface area contributed by atoms with Crippen LogP contribution >= 0.6 is 60.3 Å². The summed E-state index contributed by atoms with van der Waals surface area (Å²) in [6, 6.07) is 3.80. The molecule has 2 N–H and O–H groups in total. The summed E-state index contributed by atoms with van der Waals surface area (Å²) in [5, 5.41) is 6.25. The Kier molecular flexibility index (Phi) is 13.1. The lowest BCUT2D eigenvalue weighted by molar-refractivity contribution is 1.00. The van der Waals surface area contributed by atoms with Crippen LogP contribution in [0.25, 0.3) is 0 Å². The molecule has 0 saturated heterocycles. The molecule has 0 radical (unpaired) electrons. The van der Waals surface area contributed by atoms with Crippen LogP contribution in [0, 0.1) is 0 Å². The van der Waals surface area contributed by atoms with Gasteiger partial charge < -0.3 is 5.32 Å². The number of thioether (sulfide) groups is 1. The van der Waals surface area contributed by atoms with Crippen molar-refractivity contribution >= 4 is 66.3 Å². The second kappa shape index (κ2) is 13.8. The quantitative estimate of drug-likeness (QED) is 0.489. The van der Waals surface area contributed by atoms with Crippen LogP contribution in [0.4, 0.5) is 5.95 Å². The highest BCUT2D eigenvalue weighted by Gasteiger charge is 2.04. The summed E-state index contributed by atoms with van der Waals surface area (Å²) in [6.07, 6.45) is 7.44. The number of hydrogen-bond donors (Lipinski definition) is 2. The van der Waals surface area contributed by atoms with Crippen molar-refractivity contribution in [2.45, 2.75) is 12.2 Å². The van der Waals surface area contributed by atoms with E-state index in [1.165, 1.54) is 0 Å². The maximum absolute atomic E-state index is 12.1. The lowest BCUT2D eigenvalue weighted by Crippen LogP contribution is -2.18. The van der Waals surface area contributed by atoms with Gasteiger partial charge >= 0.3 is 0 Å². The van der Waals surface area contributed by atoms with Crippen LogP contribution in [-0.2, 0) is 12.2 Å². The normalized spacial score (nSPS) is 9.48. The van der Waals surface area contributed by atoms with Gasteiger partial charge in [0.1, 0.15) is 5.01 Å². The van der Waals surface area contributed by atoms with Crippen LogP contribution in [-0.4, -0.2) is 32.2 Å². The van der Waals surface area contributed by atoms with Gasteiger partial charge in [0, 0.05) is 60.2 Å². The van der Waals surface area contributed by atoms with Crippen LogP contribution < -0.4 is 10.9 Å². The van der Waals surface area contributed by atoms with Gasteiger partial charge in [0.05, 0.1) is 0 Å². The number of H-pyrrole nitrogens is 1. The van der Waals surface area contributed by atoms with Gasteiger partial charge in [-0.3, -0.25) is 14.8 Å². The fraction of sp³-hybridized carbons (Fsp3) is 0.250. The fourth-order valence-electron chi connectivity index (χ4n) is 2.08. The summed E-state index contributed by atoms with van der Waals surface area (Å²) >= 11 is 3.46. The molecule has 11 heteroatoms. The molecule has 0 aromatic carbocycles. The minimum Gasteiger partial charge on any atom is -0.355 e. The average Bonchev–Trinajstić information content (AvgIpc) is 3.11. The van der Waals surface area contributed by atoms with Crippen molar-refractivity contribution in [2.75, 3.05) is 17.6 Å². The Hall–Kier alpha value is -1.32. The molecule has 0 aliphatic carbocycles. The monoisotopic (exact) mass is 467 g/mol. The molecule has 0 aliphatic rings. The zero-order valence-corrected chi connectivity index (χ0v) is 18.2. The van der Waals surface area contributed by atoms with E-state index < -0.39 is 0 Å². The summed E-state index contributed by atoms with van der Waals surface area (Å²) in [5.41, 5.74) is 1.50. The molecule has 0 bridgehead atoms. The summed E-state index contributed by atoms with van der Waals surface area (Å²) in [4.78, 5) is 27.5. The van der Waals surface area contributed by atoms with E-state index in [4.69, 9.17) is 0 Å². The highest BCUT2D eigenvalue weighted by atomic mass is 35.5. The van der Waals surface area contributed by atoms with Gasteiger partial charge in [-0.25, -0.2) is 9.97 Å². The first kappa shape index (κ1) is 25.7. The molecule has 0 amide bonds. The molecule has 0 fully saturated rings. The van der Waals surface area contributed by atoms with Gasteiger partial charge in [-0.2, -0.15) is 11.8 Å². The number of rotatable bonds is 8. The van der Waals surface area contributed by atoms with Crippen molar-refractivity contribution in [2.24, 2.45) is 0 Å². The highest BCUT2D eigenvalue weighted by molar-refractivity contribution is 7.98. The summed E-state index contributed by atoms with van der Waals surface area (Å²) in [5.74, 6) is 2.33. The molecule has 0 atom stereocenters. The highest BCUT2D eigenvalue weighted by Crippen LogP contribution is 2.13. The number of thiazole rings is 1. The first-order chi connectivity index (χ1) is 11.8. The van der Waals surface area contributed by atoms with E-state index in [0.29, 0.717) is 17.9 Å². The molecule has 3 aromatic rings. The predicted molar refractivity (Wildman–Crippen MR) is 120 cm³/mol. The first-order valence-electron chi connectivity index (χ1n) is 7.48. The minimum atomic E-state index is -0.119. The van der Waals surface area contributed by atoms with E-state index in [0.717, 1.165) is 28.6 Å². The Bertz CT molecular complexity index is 818. The molecule has 3 rings (SSSR count). The third-order valence-corrected chi connectivity index (χ3v) is 5.17. The van der Waals surface area contributed by atoms with Crippen molar-refractivity contribution in [3.63, 3.8) is 0 Å². The van der Waals surface area contributed by atoms with Gasteiger partial charge in [-0.1, -0.05) is 6.07 Å². The van der Waals surface area contributed by atoms with Crippen molar-refractivity contribution < 1.29 is 0 Å². The van der Waals surface area contributed by atoms with E-state index >= 15 is 0 Å². The maximum atomic E-state index is 12.1. The van der Waals surface area contributed by atoms with Gasteiger partial charge in [-0.05, 0) is 11.6 Å². The Morgan fingerprint density at radius 2 is 2.00 bits per heavy atom. The predicted octanol–water partition coefficient (Wildman–Crippen LogP) is 3.82. The second-order valence-electron chi connectivity index (χ2n) is 5.03. The van der Waals surface area contributed by atoms with E-state index in [1.807, 2.05) is 23.7 Å². The molecule has 0 aliphatic heterocycles. The Morgan fingerprint density at radius 3 is 2.67 bits per heavy atom. The molecule has 3 aromatic heterocycles. The summed E-state index contributed by atoms with van der Waals surface area (Å²) < 4.78 is 0. The second-order valence-corrected chi connectivity index (χ2v) is 7.11. The van der Waals surface area contributed by atoms with E-state index in [1.54, 1.807) is 41.7 Å². The average molecular weight is 469 g/mol. The number of hydrogen-bond acceptors (Lipinski definition) is 7. The molecule has 3 heterocycles. The topological polar surface area (TPSA) is 83.6 Å². The van der Waals surface area contributed by atoms with Crippen LogP contribution in [0.2, 0.25) is 0 Å². The molecule has 0 saturated carbocycles. The van der Waals surface area contributed by atoms with Gasteiger partial charge in [-0.15, -0.1) is 48.6 Å². The molecule has 0 spiro atoms. The SMILES string of the molecule is Cl.Cl.Cl.O=c1[nH]c(NCCSCc2nccs2)ncc1Cc1cccnc1. The van der Waals surface area contributed by atoms with Crippen molar-refractivity contribution in [1.82, 2.24) is 19.9 Å². The molecule has 0 unspecified atom stereocenters. The summed E-state index contributed by atoms with van der Waals surface area (Å²) in [6.45, 7) is 0.737. The number of anilines is 1. The van der Waals surface area contributed by atoms with Crippen molar-refractivity contribution in [3.8, 4) is 0 Å². The molecule has 27 heavy (non-hydrogen) atoms. The number of aromatic nitrogens is 4. The van der Waals surface area contributed by atoms with Crippen LogP contribution in [0.1, 0.15) is 16.1 Å². The van der Waals surface area contributed by atoms with Crippen molar-refractivity contribution in [3.05, 3.63) is 68.8 Å². The third-order valence-electron chi connectivity index (χ3n) is 3.24. The summed E-state index contributed by atoms with van der Waals surface area (Å²) in [7, 11) is 0. The molecule has 6 nitrogen and oxygen atoms in total. The number of nitrogens with one attached hydrogen (secondary N) is 2. The molecule has 148 valence electrons. The largest absolute Gasteiger partial charge is 0.355 e. The zero-order chi connectivity index (χ0) is 16.6. The van der Waals surface area contributed by atoms with Gasteiger partial charge in [0.15, 0.2) is 0 Å². The number of halogens is 3. The van der Waals surface area contributed by atoms with Crippen LogP contribution in [0.5, 0.6) is 0 Å². The minimum absolute atomic E-state index is 0. The van der Waals surface area contributed by atoms with Crippen molar-refractivity contribution in [1.29, 1.82) is 0 Å². The smallest absolute Gasteiger partial charge is 0.255 e. The maximum Gasteiger partial charge on any atom is 0.255 e. The number of aromatic amines is 1. The number of nitrogens with zero attached hydrogens (tertiary/aromatic N) is 3.